The largest absolute Gasteiger partial charge is 0.481 e. The van der Waals surface area contributed by atoms with Crippen LogP contribution in [0, 0.1) is 5.92 Å². The summed E-state index contributed by atoms with van der Waals surface area (Å²) in [6.07, 6.45) is 4.24. The molecule has 3 amide bonds. The van der Waals surface area contributed by atoms with Gasteiger partial charge in [-0.15, -0.1) is 0 Å². The third-order valence-corrected chi connectivity index (χ3v) is 6.54. The van der Waals surface area contributed by atoms with Gasteiger partial charge in [-0.1, -0.05) is 32.0 Å². The van der Waals surface area contributed by atoms with Crippen molar-refractivity contribution in [2.24, 2.45) is 17.4 Å². The molecule has 0 aliphatic rings. The van der Waals surface area contributed by atoms with Crippen molar-refractivity contribution in [2.45, 2.75) is 83.0 Å². The minimum absolute atomic E-state index is 0.0362. The van der Waals surface area contributed by atoms with Gasteiger partial charge < -0.3 is 42.3 Å². The molecule has 2 aromatic rings. The first-order chi connectivity index (χ1) is 19.0. The summed E-state index contributed by atoms with van der Waals surface area (Å²) in [4.78, 5) is 65.1. The molecule has 0 fully saturated rings. The number of carboxylic acids is 1. The smallest absolute Gasteiger partial charge is 0.303 e. The number of hydrogen-bond donors (Lipinski definition) is 7. The second kappa shape index (κ2) is 16.4. The summed E-state index contributed by atoms with van der Waals surface area (Å²) in [7, 11) is 0. The van der Waals surface area contributed by atoms with Crippen LogP contribution in [-0.2, 0) is 30.4 Å². The Labute approximate surface area is 234 Å². The normalized spacial score (nSPS) is 14.2. The number of aromatic amines is 1. The number of rotatable bonds is 18. The third kappa shape index (κ3) is 10.4. The van der Waals surface area contributed by atoms with Crippen LogP contribution >= 0.6 is 0 Å². The van der Waals surface area contributed by atoms with Crippen LogP contribution < -0.4 is 27.4 Å². The zero-order valence-corrected chi connectivity index (χ0v) is 23.2. The topological polar surface area (TPSA) is 210 Å². The number of amides is 3. The van der Waals surface area contributed by atoms with E-state index in [1.807, 2.05) is 38.1 Å². The number of aldehydes is 1. The lowest BCUT2D eigenvalue weighted by Gasteiger charge is -2.26. The molecule has 0 radical (unpaired) electrons. The number of carbonyl (C=O) groups is 5. The number of H-pyrrole nitrogens is 1. The Morgan fingerprint density at radius 3 is 2.30 bits per heavy atom. The van der Waals surface area contributed by atoms with Crippen LogP contribution in [0.3, 0.4) is 0 Å². The minimum atomic E-state index is -1.13. The highest BCUT2D eigenvalue weighted by Crippen LogP contribution is 2.19. The monoisotopic (exact) mass is 558 g/mol. The van der Waals surface area contributed by atoms with E-state index < -0.39 is 47.9 Å². The first kappa shape index (κ1) is 32.4. The molecule has 12 heteroatoms. The average molecular weight is 559 g/mol. The minimum Gasteiger partial charge on any atom is -0.481 e. The number of aromatic nitrogens is 1. The van der Waals surface area contributed by atoms with Gasteiger partial charge >= 0.3 is 5.97 Å². The summed E-state index contributed by atoms with van der Waals surface area (Å²) in [5, 5.41) is 17.9. The molecule has 1 aromatic heterocycles. The summed E-state index contributed by atoms with van der Waals surface area (Å²) in [6.45, 7) is 4.28. The van der Waals surface area contributed by atoms with Crippen LogP contribution in [0.1, 0.15) is 57.9 Å². The molecule has 1 heterocycles. The van der Waals surface area contributed by atoms with Gasteiger partial charge in [0.15, 0.2) is 0 Å². The maximum atomic E-state index is 13.6. The van der Waals surface area contributed by atoms with Crippen molar-refractivity contribution >= 4 is 40.9 Å². The van der Waals surface area contributed by atoms with Gasteiger partial charge in [0.25, 0.3) is 0 Å². The fraction of sp³-hybridized carbons (Fsp3) is 0.536. The van der Waals surface area contributed by atoms with Crippen molar-refractivity contribution in [1.29, 1.82) is 0 Å². The van der Waals surface area contributed by atoms with Gasteiger partial charge in [0.2, 0.25) is 17.7 Å². The highest BCUT2D eigenvalue weighted by atomic mass is 16.4. The molecule has 12 nitrogen and oxygen atoms in total. The van der Waals surface area contributed by atoms with E-state index in [2.05, 4.69) is 20.9 Å². The molecule has 220 valence electrons. The number of para-hydroxylation sites is 1. The van der Waals surface area contributed by atoms with Crippen molar-refractivity contribution in [3.05, 3.63) is 36.0 Å². The van der Waals surface area contributed by atoms with Crippen LogP contribution in [0.2, 0.25) is 0 Å². The van der Waals surface area contributed by atoms with E-state index in [9.17, 15) is 24.0 Å². The molecule has 40 heavy (non-hydrogen) atoms. The van der Waals surface area contributed by atoms with Crippen molar-refractivity contribution in [2.75, 3.05) is 6.54 Å². The molecular formula is C28H42N6O6. The quantitative estimate of drug-likeness (QED) is 0.102. The van der Waals surface area contributed by atoms with Crippen LogP contribution in [-0.4, -0.2) is 70.8 Å². The van der Waals surface area contributed by atoms with Gasteiger partial charge in [0.05, 0.1) is 12.1 Å². The number of unbranched alkanes of at least 4 members (excludes halogenated alkanes) is 1. The molecular weight excluding hydrogens is 516 g/mol. The molecule has 0 saturated heterocycles. The highest BCUT2D eigenvalue weighted by Gasteiger charge is 2.30. The summed E-state index contributed by atoms with van der Waals surface area (Å²) in [5.74, 6) is -2.82. The predicted molar refractivity (Wildman–Crippen MR) is 151 cm³/mol. The molecule has 0 bridgehead atoms. The zero-order valence-electron chi connectivity index (χ0n) is 23.2. The number of fused-ring (bicyclic) bond motifs is 1. The van der Waals surface area contributed by atoms with Crippen molar-refractivity contribution in [1.82, 2.24) is 20.9 Å². The van der Waals surface area contributed by atoms with E-state index >= 15 is 0 Å². The molecule has 4 atom stereocenters. The maximum absolute atomic E-state index is 13.6. The summed E-state index contributed by atoms with van der Waals surface area (Å²) < 4.78 is 0. The Balaban J connectivity index is 2.24. The van der Waals surface area contributed by atoms with Crippen LogP contribution in [0.15, 0.2) is 30.5 Å². The highest BCUT2D eigenvalue weighted by molar-refractivity contribution is 5.94. The molecule has 2 rings (SSSR count). The number of nitrogens with two attached hydrogens (primary N) is 2. The van der Waals surface area contributed by atoms with Crippen LogP contribution in [0.5, 0.6) is 0 Å². The van der Waals surface area contributed by atoms with Crippen LogP contribution in [0.25, 0.3) is 10.9 Å². The second-order valence-electron chi connectivity index (χ2n) is 10.4. The Morgan fingerprint density at radius 2 is 1.65 bits per heavy atom. The number of benzene rings is 1. The molecule has 0 aliphatic carbocycles. The van der Waals surface area contributed by atoms with Gasteiger partial charge in [-0.3, -0.25) is 19.2 Å². The molecule has 1 aromatic carbocycles. The van der Waals surface area contributed by atoms with E-state index in [1.54, 1.807) is 6.20 Å². The summed E-state index contributed by atoms with van der Waals surface area (Å²) >= 11 is 0. The lowest BCUT2D eigenvalue weighted by atomic mass is 10.00. The predicted octanol–water partition coefficient (Wildman–Crippen LogP) is 0.731. The SMILES string of the molecule is CC(C)C[C@H](NC(=O)[C@H](Cc1c[nH]c2ccccc12)NC(=O)[C@@H](N)CCC(=O)O)C(=O)N[C@H](C=O)CCCCN. The van der Waals surface area contributed by atoms with E-state index in [-0.39, 0.29) is 25.2 Å². The van der Waals surface area contributed by atoms with Gasteiger partial charge in [0.1, 0.15) is 18.4 Å². The second-order valence-corrected chi connectivity index (χ2v) is 10.4. The van der Waals surface area contributed by atoms with Crippen LogP contribution in [0.4, 0.5) is 0 Å². The number of hydrogen-bond acceptors (Lipinski definition) is 7. The number of aliphatic carboxylic acids is 1. The Kier molecular flexibility index (Phi) is 13.3. The first-order valence-corrected chi connectivity index (χ1v) is 13.6. The first-order valence-electron chi connectivity index (χ1n) is 13.6. The Morgan fingerprint density at radius 1 is 0.975 bits per heavy atom. The van der Waals surface area contributed by atoms with E-state index in [0.717, 1.165) is 22.9 Å². The van der Waals surface area contributed by atoms with E-state index in [1.165, 1.54) is 0 Å². The summed E-state index contributed by atoms with van der Waals surface area (Å²) in [6, 6.07) is 3.60. The number of nitrogens with one attached hydrogen (secondary N) is 4. The van der Waals surface area contributed by atoms with Gasteiger partial charge in [-0.25, -0.2) is 0 Å². The molecule has 0 spiro atoms. The van der Waals surface area contributed by atoms with Crippen molar-refractivity contribution in [3.8, 4) is 0 Å². The molecule has 0 saturated carbocycles. The third-order valence-electron chi connectivity index (χ3n) is 6.54. The number of carboxylic acid groups (broad SMARTS) is 1. The number of carbonyl (C=O) groups excluding carboxylic acids is 4. The lowest BCUT2D eigenvalue weighted by Crippen LogP contribution is -2.57. The van der Waals surface area contributed by atoms with Gasteiger partial charge in [0, 0.05) is 29.9 Å². The maximum Gasteiger partial charge on any atom is 0.303 e. The molecule has 0 unspecified atom stereocenters. The van der Waals surface area contributed by atoms with E-state index in [0.29, 0.717) is 32.1 Å². The lowest BCUT2D eigenvalue weighted by molar-refractivity contribution is -0.137. The molecule has 9 N–H and O–H groups in total. The van der Waals surface area contributed by atoms with Gasteiger partial charge in [-0.05, 0) is 56.2 Å². The Bertz CT molecular complexity index is 1150. The standard InChI is InChI=1S/C28H42N6O6/c1-17(2)13-23(27(39)32-19(16-35)7-5-6-12-29)34-28(40)24(33-26(38)21(30)10-11-25(36)37)14-18-15-31-22-9-4-3-8-20(18)22/h3-4,8-9,15-17,19,21,23-24,31H,5-7,10-14,29-30H2,1-2H3,(H,32,39)(H,33,38)(H,34,40)(H,36,37)/t19-,21-,23-,24-/m0/s1. The van der Waals surface area contributed by atoms with Crippen molar-refractivity contribution in [3.63, 3.8) is 0 Å². The summed E-state index contributed by atoms with van der Waals surface area (Å²) in [5.41, 5.74) is 13.0. The molecule has 0 aliphatic heterocycles. The average Bonchev–Trinajstić information content (AvgIpc) is 3.32. The van der Waals surface area contributed by atoms with Crippen molar-refractivity contribution < 1.29 is 29.1 Å². The fourth-order valence-electron chi connectivity index (χ4n) is 4.36. The van der Waals surface area contributed by atoms with Gasteiger partial charge in [-0.2, -0.15) is 0 Å². The van der Waals surface area contributed by atoms with E-state index in [4.69, 9.17) is 16.6 Å². The fourth-order valence-corrected chi connectivity index (χ4v) is 4.36. The zero-order chi connectivity index (χ0) is 29.7. The Hall–Kier alpha value is -3.77.